The van der Waals surface area contributed by atoms with E-state index >= 15 is 0 Å². The molecule has 1 atom stereocenters. The predicted molar refractivity (Wildman–Crippen MR) is 30.3 cm³/mol. The third-order valence-electron chi connectivity index (χ3n) is 0.588. The van der Waals surface area contributed by atoms with E-state index in [0.29, 0.717) is 0 Å². The summed E-state index contributed by atoms with van der Waals surface area (Å²) in [6.45, 7) is -0.479. The maximum absolute atomic E-state index is 9.94. The van der Waals surface area contributed by atoms with Crippen LogP contribution < -0.4 is 29.1 Å². The van der Waals surface area contributed by atoms with Gasteiger partial charge in [-0.25, -0.2) is 0 Å². The summed E-state index contributed by atoms with van der Waals surface area (Å²) < 4.78 is 9.94. The van der Waals surface area contributed by atoms with Gasteiger partial charge in [0, 0.05) is 0 Å². The maximum Gasteiger partial charge on any atom is 1.00 e. The zero-order valence-electron chi connectivity index (χ0n) is 5.98. The summed E-state index contributed by atoms with van der Waals surface area (Å²) in [5.74, 6) is -1.17. The smallest absolute Gasteiger partial charge is 0.778 e. The maximum atomic E-state index is 9.94. The van der Waals surface area contributed by atoms with Gasteiger partial charge in [0.25, 0.3) is 0 Å². The standard InChI is InChI=1S/C3H8NO5P.Li/c5-3(6)1-4-2-10(7,8)9;/h4H,1-2H2,(H,5,6)(H2,7,8,9);/q;+1/p-1. The summed E-state index contributed by atoms with van der Waals surface area (Å²) in [5.41, 5.74) is 0. The van der Waals surface area contributed by atoms with Crippen molar-refractivity contribution in [1.82, 2.24) is 5.32 Å². The summed E-state index contributed by atoms with van der Waals surface area (Å²) in [6.07, 6.45) is -0.709. The first-order valence-electron chi connectivity index (χ1n) is 2.37. The minimum atomic E-state index is -4.35. The Hall–Kier alpha value is 0.177. The van der Waals surface area contributed by atoms with Crippen LogP contribution >= 0.6 is 7.60 Å². The minimum Gasteiger partial charge on any atom is -0.778 e. The Bertz CT molecular complexity index is 167. The predicted octanol–water partition coefficient (Wildman–Crippen LogP) is -4.83. The van der Waals surface area contributed by atoms with Gasteiger partial charge < -0.3 is 19.5 Å². The molecule has 0 fully saturated rings. The molecule has 0 saturated heterocycles. The number of rotatable bonds is 4. The van der Waals surface area contributed by atoms with Crippen LogP contribution in [0.4, 0.5) is 0 Å². The molecule has 0 heterocycles. The van der Waals surface area contributed by atoms with Gasteiger partial charge in [-0.1, -0.05) is 0 Å². The van der Waals surface area contributed by atoms with Crippen molar-refractivity contribution in [2.45, 2.75) is 0 Å². The van der Waals surface area contributed by atoms with Crippen LogP contribution in [0.25, 0.3) is 0 Å². The van der Waals surface area contributed by atoms with E-state index in [1.165, 1.54) is 0 Å². The molecule has 0 aromatic heterocycles. The molecule has 0 rings (SSSR count). The average molecular weight is 175 g/mol. The Kier molecular flexibility index (Phi) is 7.22. The van der Waals surface area contributed by atoms with Gasteiger partial charge in [-0.3, -0.25) is 10.1 Å². The number of hydrogen-bond donors (Lipinski definition) is 3. The fourth-order valence-electron chi connectivity index (χ4n) is 0.304. The average Bonchev–Trinajstić information content (AvgIpc) is 1.59. The molecule has 3 N–H and O–H groups in total. The molecule has 0 aromatic carbocycles. The number of aliphatic carboxylic acids is 1. The number of hydrogen-bond acceptors (Lipinski definition) is 4. The Morgan fingerprint density at radius 2 is 2.09 bits per heavy atom. The van der Waals surface area contributed by atoms with Crippen molar-refractivity contribution in [3.05, 3.63) is 0 Å². The molecule has 0 aliphatic heterocycles. The van der Waals surface area contributed by atoms with E-state index in [1.54, 1.807) is 0 Å². The van der Waals surface area contributed by atoms with Crippen molar-refractivity contribution in [3.8, 4) is 0 Å². The van der Waals surface area contributed by atoms with Gasteiger partial charge in [-0.15, -0.1) is 0 Å². The molecule has 0 spiro atoms. The van der Waals surface area contributed by atoms with Gasteiger partial charge in [-0.2, -0.15) is 0 Å². The van der Waals surface area contributed by atoms with E-state index in [0.717, 1.165) is 0 Å². The molecular weight excluding hydrogens is 168 g/mol. The third kappa shape index (κ3) is 13.2. The molecule has 0 bridgehead atoms. The van der Waals surface area contributed by atoms with Crippen molar-refractivity contribution >= 4 is 13.6 Å². The van der Waals surface area contributed by atoms with Crippen molar-refractivity contribution in [2.24, 2.45) is 0 Å². The van der Waals surface area contributed by atoms with Crippen LogP contribution in [0.15, 0.2) is 0 Å². The zero-order chi connectivity index (χ0) is 8.20. The molecule has 6 nitrogen and oxygen atoms in total. The van der Waals surface area contributed by atoms with Crippen LogP contribution in [0.1, 0.15) is 0 Å². The number of carboxylic acid groups (broad SMARTS) is 1. The molecule has 0 amide bonds. The summed E-state index contributed by atoms with van der Waals surface area (Å²) in [5, 5.41) is 9.97. The zero-order valence-corrected chi connectivity index (χ0v) is 6.88. The number of carbonyl (C=O) groups is 1. The first kappa shape index (κ1) is 13.7. The summed E-state index contributed by atoms with van der Waals surface area (Å²) >= 11 is 0. The number of nitrogens with one attached hydrogen (secondary N) is 1. The molecule has 0 aromatic rings. The fourth-order valence-corrected chi connectivity index (χ4v) is 0.698. The summed E-state index contributed by atoms with van der Waals surface area (Å²) in [7, 11) is -4.35. The Labute approximate surface area is 75.3 Å². The van der Waals surface area contributed by atoms with Gasteiger partial charge in [0.1, 0.15) is 7.60 Å². The van der Waals surface area contributed by atoms with Crippen LogP contribution in [0.5, 0.6) is 0 Å². The van der Waals surface area contributed by atoms with E-state index in [2.05, 4.69) is 0 Å². The van der Waals surface area contributed by atoms with Crippen LogP contribution in [-0.2, 0) is 9.36 Å². The Morgan fingerprint density at radius 1 is 1.64 bits per heavy atom. The van der Waals surface area contributed by atoms with Gasteiger partial charge in [0.05, 0.1) is 12.8 Å². The minimum absolute atomic E-state index is 0. The van der Waals surface area contributed by atoms with E-state index in [9.17, 15) is 14.3 Å². The van der Waals surface area contributed by atoms with Crippen LogP contribution in [0, 0.1) is 0 Å². The molecule has 0 saturated carbocycles. The van der Waals surface area contributed by atoms with Gasteiger partial charge in [0.2, 0.25) is 0 Å². The van der Waals surface area contributed by atoms with Crippen LogP contribution in [0.3, 0.4) is 0 Å². The van der Waals surface area contributed by atoms with E-state index in [-0.39, 0.29) is 18.9 Å². The quantitative estimate of drug-likeness (QED) is 0.292. The largest absolute Gasteiger partial charge is 1.00 e. The second-order valence-electron chi connectivity index (χ2n) is 1.62. The normalized spacial score (nSPS) is 14.7. The van der Waals surface area contributed by atoms with E-state index < -0.39 is 26.4 Å². The summed E-state index contributed by atoms with van der Waals surface area (Å²) in [4.78, 5) is 27.8. The third-order valence-corrected chi connectivity index (χ3v) is 1.21. The van der Waals surface area contributed by atoms with Crippen molar-refractivity contribution in [1.29, 1.82) is 0 Å². The van der Waals surface area contributed by atoms with Crippen molar-refractivity contribution in [2.75, 3.05) is 12.8 Å². The van der Waals surface area contributed by atoms with E-state index in [4.69, 9.17) is 10.00 Å². The van der Waals surface area contributed by atoms with Crippen molar-refractivity contribution < 1.29 is 43.1 Å². The van der Waals surface area contributed by atoms with Crippen LogP contribution in [0.2, 0.25) is 0 Å². The Balaban J connectivity index is 0. The first-order chi connectivity index (χ1) is 4.42. The fraction of sp³-hybridized carbons (Fsp3) is 0.667. The monoisotopic (exact) mass is 175 g/mol. The van der Waals surface area contributed by atoms with Gasteiger partial charge >= 0.3 is 24.8 Å². The topological polar surface area (TPSA) is 110 Å². The second-order valence-corrected chi connectivity index (χ2v) is 3.21. The molecule has 0 aliphatic rings. The molecule has 11 heavy (non-hydrogen) atoms. The van der Waals surface area contributed by atoms with Crippen LogP contribution in [-0.4, -0.2) is 28.8 Å². The summed E-state index contributed by atoms with van der Waals surface area (Å²) in [6, 6.07) is 0. The van der Waals surface area contributed by atoms with Gasteiger partial charge in [0.15, 0.2) is 0 Å². The van der Waals surface area contributed by atoms with Gasteiger partial charge in [-0.05, 0) is 0 Å². The number of carboxylic acids is 1. The van der Waals surface area contributed by atoms with E-state index in [1.807, 2.05) is 5.32 Å². The molecule has 0 radical (unpaired) electrons. The molecule has 1 unspecified atom stereocenters. The van der Waals surface area contributed by atoms with Crippen molar-refractivity contribution in [3.63, 3.8) is 0 Å². The molecular formula is C3H7LiNO5P. The SMILES string of the molecule is O=C(O)CNCP(=O)([O-])O.[Li+]. The molecule has 0 aliphatic carbocycles. The molecule has 60 valence electrons. The second kappa shape index (κ2) is 5.78. The first-order valence-corrected chi connectivity index (χ1v) is 4.13. The Morgan fingerprint density at radius 3 is 2.36 bits per heavy atom. The molecule has 8 heteroatoms.